The largest absolute Gasteiger partial charge is 0.339 e. The summed E-state index contributed by atoms with van der Waals surface area (Å²) in [5.74, 6) is 0.369. The maximum absolute atomic E-state index is 12.5. The van der Waals surface area contributed by atoms with Gasteiger partial charge in [0.15, 0.2) is 17.2 Å². The molecule has 2 heterocycles. The highest BCUT2D eigenvalue weighted by Gasteiger charge is 2.14. The molecule has 4 rings (SSSR count). The zero-order valence-corrected chi connectivity index (χ0v) is 13.3. The number of carbonyl (C=O) groups excluding carboxylic acids is 1. The summed E-state index contributed by atoms with van der Waals surface area (Å²) in [4.78, 5) is 16.8. The number of rotatable bonds is 4. The van der Waals surface area contributed by atoms with Crippen molar-refractivity contribution in [2.45, 2.75) is 0 Å². The Bertz CT molecular complexity index is 1010. The molecule has 0 unspecified atom stereocenters. The normalized spacial score (nSPS) is 10.6. The highest BCUT2D eigenvalue weighted by Crippen LogP contribution is 2.16. The molecule has 6 heteroatoms. The van der Waals surface area contributed by atoms with E-state index in [0.717, 1.165) is 11.4 Å². The molecule has 25 heavy (non-hydrogen) atoms. The van der Waals surface area contributed by atoms with Gasteiger partial charge in [0.25, 0.3) is 5.91 Å². The van der Waals surface area contributed by atoms with Gasteiger partial charge in [0.2, 0.25) is 0 Å². The Morgan fingerprint density at radius 3 is 2.24 bits per heavy atom. The van der Waals surface area contributed by atoms with Crippen LogP contribution in [0.25, 0.3) is 5.65 Å². The zero-order chi connectivity index (χ0) is 17.1. The highest BCUT2D eigenvalue weighted by atomic mass is 16.2. The molecule has 0 radical (unpaired) electrons. The monoisotopic (exact) mass is 329 g/mol. The SMILES string of the molecule is O=C(Nc1ccccc1)c1cnc2ccc(Nc3ccccc3)nn12. The molecule has 0 spiro atoms. The van der Waals surface area contributed by atoms with E-state index >= 15 is 0 Å². The second kappa shape index (κ2) is 6.45. The number of anilines is 3. The van der Waals surface area contributed by atoms with Gasteiger partial charge in [-0.1, -0.05) is 36.4 Å². The molecule has 6 nitrogen and oxygen atoms in total. The van der Waals surface area contributed by atoms with E-state index < -0.39 is 0 Å². The minimum absolute atomic E-state index is 0.261. The smallest absolute Gasteiger partial charge is 0.276 e. The Balaban J connectivity index is 1.63. The van der Waals surface area contributed by atoms with Crippen molar-refractivity contribution in [2.75, 3.05) is 10.6 Å². The first kappa shape index (κ1) is 14.9. The summed E-state index contributed by atoms with van der Waals surface area (Å²) in [5, 5.41) is 10.5. The van der Waals surface area contributed by atoms with Crippen LogP contribution >= 0.6 is 0 Å². The molecule has 0 aliphatic carbocycles. The Labute approximate surface area is 144 Å². The number of para-hydroxylation sites is 2. The standard InChI is InChI=1S/C19H15N5O/c25-19(22-15-9-5-2-6-10-15)16-13-20-18-12-11-17(23-24(16)18)21-14-7-3-1-4-8-14/h1-13H,(H,21,23)(H,22,25). The molecule has 4 aromatic rings. The fourth-order valence-corrected chi connectivity index (χ4v) is 2.48. The third kappa shape index (κ3) is 3.18. The summed E-state index contributed by atoms with van der Waals surface area (Å²) >= 11 is 0. The van der Waals surface area contributed by atoms with Crippen LogP contribution in [0.1, 0.15) is 10.5 Å². The molecule has 1 amide bonds. The van der Waals surface area contributed by atoms with Crippen molar-refractivity contribution in [1.29, 1.82) is 0 Å². The summed E-state index contributed by atoms with van der Waals surface area (Å²) in [5.41, 5.74) is 2.62. The van der Waals surface area contributed by atoms with Gasteiger partial charge in [0, 0.05) is 11.4 Å². The lowest BCUT2D eigenvalue weighted by atomic mass is 10.3. The topological polar surface area (TPSA) is 71.3 Å². The number of benzene rings is 2. The van der Waals surface area contributed by atoms with Crippen LogP contribution in [-0.2, 0) is 0 Å². The third-order valence-electron chi connectivity index (χ3n) is 3.67. The van der Waals surface area contributed by atoms with Crippen molar-refractivity contribution in [3.63, 3.8) is 0 Å². The summed E-state index contributed by atoms with van der Waals surface area (Å²) in [6, 6.07) is 22.7. The number of carbonyl (C=O) groups is 1. The van der Waals surface area contributed by atoms with Crippen LogP contribution in [0.3, 0.4) is 0 Å². The van der Waals surface area contributed by atoms with Gasteiger partial charge in [0.1, 0.15) is 0 Å². The van der Waals surface area contributed by atoms with Crippen LogP contribution < -0.4 is 10.6 Å². The molecule has 0 fully saturated rings. The first-order valence-corrected chi connectivity index (χ1v) is 7.83. The van der Waals surface area contributed by atoms with E-state index in [9.17, 15) is 4.79 Å². The molecule has 0 saturated carbocycles. The minimum atomic E-state index is -0.261. The van der Waals surface area contributed by atoms with E-state index in [0.29, 0.717) is 17.2 Å². The maximum atomic E-state index is 12.5. The molecule has 0 saturated heterocycles. The van der Waals surface area contributed by atoms with Crippen molar-refractivity contribution >= 4 is 28.7 Å². The van der Waals surface area contributed by atoms with E-state index in [2.05, 4.69) is 20.7 Å². The average molecular weight is 329 g/mol. The maximum Gasteiger partial charge on any atom is 0.276 e. The Hall–Kier alpha value is -3.67. The number of hydrogen-bond acceptors (Lipinski definition) is 4. The van der Waals surface area contributed by atoms with Crippen molar-refractivity contribution in [3.8, 4) is 0 Å². The predicted molar refractivity (Wildman–Crippen MR) is 97.1 cm³/mol. The summed E-state index contributed by atoms with van der Waals surface area (Å²) < 4.78 is 1.53. The minimum Gasteiger partial charge on any atom is -0.339 e. The fraction of sp³-hybridized carbons (Fsp3) is 0. The van der Waals surface area contributed by atoms with Gasteiger partial charge in [-0.05, 0) is 36.4 Å². The second-order valence-corrected chi connectivity index (χ2v) is 5.44. The van der Waals surface area contributed by atoms with E-state index in [-0.39, 0.29) is 5.91 Å². The zero-order valence-electron chi connectivity index (χ0n) is 13.3. The molecule has 2 aromatic carbocycles. The second-order valence-electron chi connectivity index (χ2n) is 5.44. The van der Waals surface area contributed by atoms with Crippen LogP contribution in [0.15, 0.2) is 79.0 Å². The van der Waals surface area contributed by atoms with Gasteiger partial charge < -0.3 is 10.6 Å². The summed E-state index contributed by atoms with van der Waals surface area (Å²) in [7, 11) is 0. The molecule has 0 atom stereocenters. The molecular formula is C19H15N5O. The van der Waals surface area contributed by atoms with Crippen molar-refractivity contribution in [3.05, 3.63) is 84.7 Å². The van der Waals surface area contributed by atoms with Gasteiger partial charge in [-0.3, -0.25) is 4.79 Å². The lowest BCUT2D eigenvalue weighted by Crippen LogP contribution is -2.15. The Morgan fingerprint density at radius 2 is 1.52 bits per heavy atom. The van der Waals surface area contributed by atoms with Crippen LogP contribution in [0, 0.1) is 0 Å². The molecular weight excluding hydrogens is 314 g/mol. The van der Waals surface area contributed by atoms with E-state index in [4.69, 9.17) is 0 Å². The summed E-state index contributed by atoms with van der Waals surface area (Å²) in [6.45, 7) is 0. The number of hydrogen-bond donors (Lipinski definition) is 2. The molecule has 0 bridgehead atoms. The molecule has 2 aromatic heterocycles. The lowest BCUT2D eigenvalue weighted by molar-refractivity contribution is 0.102. The van der Waals surface area contributed by atoms with E-state index in [1.54, 1.807) is 0 Å². The molecule has 0 aliphatic rings. The van der Waals surface area contributed by atoms with Gasteiger partial charge >= 0.3 is 0 Å². The van der Waals surface area contributed by atoms with Gasteiger partial charge in [0.05, 0.1) is 6.20 Å². The molecule has 2 N–H and O–H groups in total. The van der Waals surface area contributed by atoms with Crippen LogP contribution in [0.5, 0.6) is 0 Å². The Morgan fingerprint density at radius 1 is 0.840 bits per heavy atom. The third-order valence-corrected chi connectivity index (χ3v) is 3.67. The number of nitrogens with one attached hydrogen (secondary N) is 2. The number of fused-ring (bicyclic) bond motifs is 1. The number of aromatic nitrogens is 3. The molecule has 0 aliphatic heterocycles. The quantitative estimate of drug-likeness (QED) is 0.598. The first-order valence-electron chi connectivity index (χ1n) is 7.83. The van der Waals surface area contributed by atoms with Gasteiger partial charge in [-0.25, -0.2) is 9.50 Å². The average Bonchev–Trinajstić information content (AvgIpc) is 3.07. The van der Waals surface area contributed by atoms with Gasteiger partial charge in [-0.2, -0.15) is 0 Å². The number of imidazole rings is 1. The van der Waals surface area contributed by atoms with E-state index in [1.165, 1.54) is 10.7 Å². The number of nitrogens with zero attached hydrogens (tertiary/aromatic N) is 3. The van der Waals surface area contributed by atoms with Crippen LogP contribution in [0.2, 0.25) is 0 Å². The van der Waals surface area contributed by atoms with Gasteiger partial charge in [-0.15, -0.1) is 5.10 Å². The number of amides is 1. The van der Waals surface area contributed by atoms with Crippen molar-refractivity contribution in [2.24, 2.45) is 0 Å². The van der Waals surface area contributed by atoms with E-state index in [1.807, 2.05) is 72.8 Å². The van der Waals surface area contributed by atoms with Crippen molar-refractivity contribution < 1.29 is 4.79 Å². The first-order chi connectivity index (χ1) is 12.3. The van der Waals surface area contributed by atoms with Crippen molar-refractivity contribution in [1.82, 2.24) is 14.6 Å². The van der Waals surface area contributed by atoms with Crippen LogP contribution in [-0.4, -0.2) is 20.5 Å². The highest BCUT2D eigenvalue weighted by molar-refractivity contribution is 6.03. The summed E-state index contributed by atoms with van der Waals surface area (Å²) in [6.07, 6.45) is 1.52. The Kier molecular flexibility index (Phi) is 3.84. The van der Waals surface area contributed by atoms with Crippen LogP contribution in [0.4, 0.5) is 17.2 Å². The fourth-order valence-electron chi connectivity index (χ4n) is 2.48. The predicted octanol–water partition coefficient (Wildman–Crippen LogP) is 3.73. The lowest BCUT2D eigenvalue weighted by Gasteiger charge is -2.07. The molecule has 122 valence electrons.